The van der Waals surface area contributed by atoms with Crippen LogP contribution in [0.1, 0.15) is 35.7 Å². The first-order chi connectivity index (χ1) is 14.1. The molecule has 146 valence electrons. The van der Waals surface area contributed by atoms with Crippen LogP contribution in [0, 0.1) is 0 Å². The topological polar surface area (TPSA) is 75.3 Å². The highest BCUT2D eigenvalue weighted by molar-refractivity contribution is 6.05. The molecule has 1 aromatic heterocycles. The lowest BCUT2D eigenvalue weighted by atomic mass is 10.0. The summed E-state index contributed by atoms with van der Waals surface area (Å²) >= 11 is 0. The SMILES string of the molecule is CC[n+]1cn(-c2ccc3c(c2)CN(C2CCC(=O)NC2=O)C3=O)c2ccccc21. The molecule has 0 bridgehead atoms. The third kappa shape index (κ3) is 2.73. The minimum absolute atomic E-state index is 0.151. The Morgan fingerprint density at radius 1 is 1.14 bits per heavy atom. The van der Waals surface area contributed by atoms with Crippen LogP contribution in [0.2, 0.25) is 0 Å². The molecule has 2 aromatic carbocycles. The van der Waals surface area contributed by atoms with E-state index in [1.807, 2.05) is 30.3 Å². The zero-order valence-corrected chi connectivity index (χ0v) is 16.1. The predicted octanol–water partition coefficient (Wildman–Crippen LogP) is 1.70. The molecule has 29 heavy (non-hydrogen) atoms. The van der Waals surface area contributed by atoms with E-state index in [0.717, 1.165) is 28.8 Å². The van der Waals surface area contributed by atoms with Crippen molar-refractivity contribution in [2.45, 2.75) is 38.9 Å². The van der Waals surface area contributed by atoms with Crippen LogP contribution < -0.4 is 9.88 Å². The monoisotopic (exact) mass is 389 g/mol. The number of carbonyl (C=O) groups excluding carboxylic acids is 3. The highest BCUT2D eigenvalue weighted by atomic mass is 16.2. The van der Waals surface area contributed by atoms with Crippen molar-refractivity contribution >= 4 is 28.8 Å². The molecule has 0 aliphatic carbocycles. The second-order valence-electron chi connectivity index (χ2n) is 7.50. The van der Waals surface area contributed by atoms with Gasteiger partial charge >= 0.3 is 0 Å². The maximum Gasteiger partial charge on any atom is 0.255 e. The van der Waals surface area contributed by atoms with E-state index in [4.69, 9.17) is 0 Å². The van der Waals surface area contributed by atoms with Crippen LogP contribution in [0.4, 0.5) is 0 Å². The van der Waals surface area contributed by atoms with Gasteiger partial charge in [0.25, 0.3) is 5.91 Å². The van der Waals surface area contributed by atoms with Gasteiger partial charge in [-0.05, 0) is 49.2 Å². The van der Waals surface area contributed by atoms with Crippen LogP contribution >= 0.6 is 0 Å². The number of hydrogen-bond donors (Lipinski definition) is 1. The van der Waals surface area contributed by atoms with Crippen LogP contribution in [-0.2, 0) is 22.7 Å². The number of imidazole rings is 1. The molecule has 3 heterocycles. The van der Waals surface area contributed by atoms with Gasteiger partial charge in [-0.25, -0.2) is 4.57 Å². The van der Waals surface area contributed by atoms with E-state index < -0.39 is 6.04 Å². The molecule has 1 fully saturated rings. The number of para-hydroxylation sites is 2. The lowest BCUT2D eigenvalue weighted by Crippen LogP contribution is -2.52. The molecule has 1 saturated heterocycles. The second kappa shape index (κ2) is 6.55. The number of aryl methyl sites for hydroxylation is 1. The summed E-state index contributed by atoms with van der Waals surface area (Å²) in [6.45, 7) is 3.34. The van der Waals surface area contributed by atoms with E-state index in [0.29, 0.717) is 18.5 Å². The zero-order chi connectivity index (χ0) is 20.1. The minimum Gasteiger partial charge on any atom is -0.322 e. The Bertz CT molecular complexity index is 1180. The van der Waals surface area contributed by atoms with E-state index in [-0.39, 0.29) is 24.1 Å². The molecule has 1 atom stereocenters. The summed E-state index contributed by atoms with van der Waals surface area (Å²) in [5, 5.41) is 2.34. The first-order valence-electron chi connectivity index (χ1n) is 9.84. The summed E-state index contributed by atoms with van der Waals surface area (Å²) in [5.41, 5.74) is 4.75. The number of benzene rings is 2. The van der Waals surface area contributed by atoms with Gasteiger partial charge < -0.3 is 4.90 Å². The van der Waals surface area contributed by atoms with Crippen LogP contribution in [0.25, 0.3) is 16.7 Å². The lowest BCUT2D eigenvalue weighted by molar-refractivity contribution is -0.668. The van der Waals surface area contributed by atoms with Crippen molar-refractivity contribution in [1.82, 2.24) is 14.8 Å². The van der Waals surface area contributed by atoms with Crippen molar-refractivity contribution in [3.05, 3.63) is 59.9 Å². The minimum atomic E-state index is -0.592. The van der Waals surface area contributed by atoms with Crippen molar-refractivity contribution in [1.29, 1.82) is 0 Å². The molecule has 7 heteroatoms. The van der Waals surface area contributed by atoms with Gasteiger partial charge in [0.1, 0.15) is 11.7 Å². The van der Waals surface area contributed by atoms with Crippen molar-refractivity contribution < 1.29 is 19.0 Å². The van der Waals surface area contributed by atoms with Gasteiger partial charge in [0.15, 0.2) is 11.0 Å². The Hall–Kier alpha value is -3.48. The number of aromatic nitrogens is 2. The Labute approximate surface area is 167 Å². The number of amides is 3. The highest BCUT2D eigenvalue weighted by Gasteiger charge is 2.39. The van der Waals surface area contributed by atoms with E-state index in [9.17, 15) is 14.4 Å². The first kappa shape index (κ1) is 17.6. The average molecular weight is 389 g/mol. The number of rotatable bonds is 3. The largest absolute Gasteiger partial charge is 0.322 e. The molecule has 0 radical (unpaired) electrons. The molecule has 7 nitrogen and oxygen atoms in total. The summed E-state index contributed by atoms with van der Waals surface area (Å²) < 4.78 is 4.31. The Morgan fingerprint density at radius 3 is 2.76 bits per heavy atom. The summed E-state index contributed by atoms with van der Waals surface area (Å²) in [5.74, 6) is -0.813. The molecule has 0 saturated carbocycles. The molecular formula is C22H21N4O3+. The number of nitrogens with zero attached hydrogens (tertiary/aromatic N) is 3. The van der Waals surface area contributed by atoms with Crippen LogP contribution in [0.15, 0.2) is 48.8 Å². The molecule has 3 amide bonds. The molecule has 0 spiro atoms. The third-order valence-corrected chi connectivity index (χ3v) is 5.83. The van der Waals surface area contributed by atoms with Gasteiger partial charge in [0.2, 0.25) is 18.1 Å². The Morgan fingerprint density at radius 2 is 1.97 bits per heavy atom. The number of carbonyl (C=O) groups is 3. The summed E-state index contributed by atoms with van der Waals surface area (Å²) in [6, 6.07) is 13.4. The van der Waals surface area contributed by atoms with Gasteiger partial charge in [0, 0.05) is 18.5 Å². The fraction of sp³-hybridized carbons (Fsp3) is 0.273. The van der Waals surface area contributed by atoms with Gasteiger partial charge in [0.05, 0.1) is 6.54 Å². The van der Waals surface area contributed by atoms with Gasteiger partial charge in [-0.2, -0.15) is 4.57 Å². The lowest BCUT2D eigenvalue weighted by Gasteiger charge is -2.29. The molecule has 1 N–H and O–H groups in total. The summed E-state index contributed by atoms with van der Waals surface area (Å²) in [4.78, 5) is 38.1. The van der Waals surface area contributed by atoms with E-state index in [2.05, 4.69) is 39.8 Å². The summed E-state index contributed by atoms with van der Waals surface area (Å²) in [7, 11) is 0. The molecule has 2 aliphatic heterocycles. The molecular weight excluding hydrogens is 368 g/mol. The van der Waals surface area contributed by atoms with Crippen molar-refractivity contribution in [2.24, 2.45) is 0 Å². The third-order valence-electron chi connectivity index (χ3n) is 5.83. The Kier molecular flexibility index (Phi) is 3.97. The van der Waals surface area contributed by atoms with Gasteiger partial charge in [-0.15, -0.1) is 0 Å². The van der Waals surface area contributed by atoms with Crippen molar-refractivity contribution in [3.8, 4) is 5.69 Å². The van der Waals surface area contributed by atoms with Gasteiger partial charge in [-0.3, -0.25) is 19.7 Å². The summed E-state index contributed by atoms with van der Waals surface area (Å²) in [6.07, 6.45) is 2.70. The molecule has 1 unspecified atom stereocenters. The molecule has 5 rings (SSSR count). The zero-order valence-electron chi connectivity index (χ0n) is 16.1. The standard InChI is InChI=1S/C22H20N4O3/c1-2-24-13-26(18-6-4-3-5-17(18)24)15-7-8-16-14(11-15)12-25(22(16)29)19-9-10-20(27)23-21(19)28/h3-8,11,13,19H,2,9-10,12H2,1H3/p+1. The van der Waals surface area contributed by atoms with Crippen LogP contribution in [-0.4, -0.2) is 33.2 Å². The number of hydrogen-bond acceptors (Lipinski definition) is 3. The number of piperidine rings is 1. The molecule has 2 aliphatic rings. The van der Waals surface area contributed by atoms with E-state index in [1.54, 1.807) is 4.90 Å². The van der Waals surface area contributed by atoms with Crippen molar-refractivity contribution in [3.63, 3.8) is 0 Å². The van der Waals surface area contributed by atoms with E-state index >= 15 is 0 Å². The average Bonchev–Trinajstić information content (AvgIpc) is 3.26. The van der Waals surface area contributed by atoms with Crippen LogP contribution in [0.3, 0.4) is 0 Å². The number of imide groups is 1. The number of nitrogens with one attached hydrogen (secondary N) is 1. The molecule has 3 aromatic rings. The number of fused-ring (bicyclic) bond motifs is 2. The first-order valence-corrected chi connectivity index (χ1v) is 9.84. The predicted molar refractivity (Wildman–Crippen MR) is 105 cm³/mol. The highest BCUT2D eigenvalue weighted by Crippen LogP contribution is 2.29. The maximum absolute atomic E-state index is 12.9. The smallest absolute Gasteiger partial charge is 0.255 e. The van der Waals surface area contributed by atoms with Crippen molar-refractivity contribution in [2.75, 3.05) is 0 Å². The Balaban J connectivity index is 1.51. The quantitative estimate of drug-likeness (QED) is 0.547. The maximum atomic E-state index is 12.9. The fourth-order valence-corrected chi connectivity index (χ4v) is 4.34. The normalized spacial score (nSPS) is 19.0. The van der Waals surface area contributed by atoms with Crippen LogP contribution in [0.5, 0.6) is 0 Å². The fourth-order valence-electron chi connectivity index (χ4n) is 4.34. The van der Waals surface area contributed by atoms with E-state index in [1.165, 1.54) is 0 Å². The van der Waals surface area contributed by atoms with Gasteiger partial charge in [-0.1, -0.05) is 12.1 Å². The second-order valence-corrected chi connectivity index (χ2v) is 7.50.